The predicted molar refractivity (Wildman–Crippen MR) is 48.9 cm³/mol. The van der Waals surface area contributed by atoms with Crippen LogP contribution < -0.4 is 10.6 Å². The molecule has 1 saturated heterocycles. The lowest BCUT2D eigenvalue weighted by atomic mass is 9.94. The molecule has 2 atom stereocenters. The predicted octanol–water partition coefficient (Wildman–Crippen LogP) is 0.511. The van der Waals surface area contributed by atoms with Crippen LogP contribution in [0.25, 0.3) is 0 Å². The summed E-state index contributed by atoms with van der Waals surface area (Å²) in [7, 11) is 0. The Morgan fingerprint density at radius 1 is 1.67 bits per heavy atom. The summed E-state index contributed by atoms with van der Waals surface area (Å²) in [6.07, 6.45) is 2.44. The van der Waals surface area contributed by atoms with E-state index in [4.69, 9.17) is 0 Å². The second-order valence-corrected chi connectivity index (χ2v) is 3.72. The molecular formula is C9H18N2O. The molecule has 0 saturated carbocycles. The number of rotatable bonds is 2. The van der Waals surface area contributed by atoms with Crippen LogP contribution in [0.4, 0.5) is 0 Å². The smallest absolute Gasteiger partial charge is 0.216 e. The second kappa shape index (κ2) is 4.45. The van der Waals surface area contributed by atoms with E-state index < -0.39 is 0 Å². The standard InChI is InChI=1S/C9H18N2O/c1-7-3-4-10-9(5-7)6-11-8(2)12/h7,9-10H,3-6H2,1-2H3,(H,11,12)/t7-,9+/m1/s1. The van der Waals surface area contributed by atoms with E-state index in [0.717, 1.165) is 19.0 Å². The van der Waals surface area contributed by atoms with Gasteiger partial charge in [-0.25, -0.2) is 0 Å². The lowest BCUT2D eigenvalue weighted by Crippen LogP contribution is -2.44. The number of amides is 1. The summed E-state index contributed by atoms with van der Waals surface area (Å²) in [5, 5.41) is 6.22. The minimum Gasteiger partial charge on any atom is -0.355 e. The Morgan fingerprint density at radius 3 is 3.00 bits per heavy atom. The van der Waals surface area contributed by atoms with Crippen LogP contribution in [-0.2, 0) is 4.79 Å². The molecule has 70 valence electrons. The molecule has 0 radical (unpaired) electrons. The molecule has 1 aliphatic heterocycles. The maximum absolute atomic E-state index is 10.6. The maximum Gasteiger partial charge on any atom is 0.216 e. The molecule has 1 fully saturated rings. The van der Waals surface area contributed by atoms with Crippen LogP contribution >= 0.6 is 0 Å². The van der Waals surface area contributed by atoms with Crippen LogP contribution in [0.3, 0.4) is 0 Å². The largest absolute Gasteiger partial charge is 0.355 e. The summed E-state index contributed by atoms with van der Waals surface area (Å²) in [5.74, 6) is 0.861. The van der Waals surface area contributed by atoms with Crippen molar-refractivity contribution in [1.29, 1.82) is 0 Å². The molecule has 12 heavy (non-hydrogen) atoms. The van der Waals surface area contributed by atoms with Crippen molar-refractivity contribution >= 4 is 5.91 Å². The van der Waals surface area contributed by atoms with E-state index in [0.29, 0.717) is 6.04 Å². The molecule has 2 N–H and O–H groups in total. The molecule has 1 aliphatic rings. The van der Waals surface area contributed by atoms with E-state index in [1.807, 2.05) is 0 Å². The number of carbonyl (C=O) groups excluding carboxylic acids is 1. The summed E-state index contributed by atoms with van der Waals surface area (Å²) in [6.45, 7) is 5.69. The van der Waals surface area contributed by atoms with E-state index in [-0.39, 0.29) is 5.91 Å². The zero-order valence-corrected chi connectivity index (χ0v) is 7.89. The van der Waals surface area contributed by atoms with Gasteiger partial charge in [0, 0.05) is 19.5 Å². The van der Waals surface area contributed by atoms with Gasteiger partial charge in [-0.15, -0.1) is 0 Å². The third kappa shape index (κ3) is 3.22. The molecule has 3 heteroatoms. The molecule has 1 heterocycles. The summed E-state index contributed by atoms with van der Waals surface area (Å²) in [4.78, 5) is 10.6. The van der Waals surface area contributed by atoms with Crippen LogP contribution in [0.2, 0.25) is 0 Å². The van der Waals surface area contributed by atoms with Gasteiger partial charge < -0.3 is 10.6 Å². The van der Waals surface area contributed by atoms with Gasteiger partial charge in [0.05, 0.1) is 0 Å². The highest BCUT2D eigenvalue weighted by molar-refractivity contribution is 5.72. The molecule has 0 aliphatic carbocycles. The fourth-order valence-electron chi connectivity index (χ4n) is 1.64. The third-order valence-corrected chi connectivity index (χ3v) is 2.35. The molecule has 1 rings (SSSR count). The Balaban J connectivity index is 2.18. The van der Waals surface area contributed by atoms with E-state index >= 15 is 0 Å². The van der Waals surface area contributed by atoms with Crippen molar-refractivity contribution in [2.75, 3.05) is 13.1 Å². The van der Waals surface area contributed by atoms with Crippen molar-refractivity contribution < 1.29 is 4.79 Å². The highest BCUT2D eigenvalue weighted by atomic mass is 16.1. The van der Waals surface area contributed by atoms with Crippen molar-refractivity contribution in [1.82, 2.24) is 10.6 Å². The van der Waals surface area contributed by atoms with Crippen LogP contribution in [0.5, 0.6) is 0 Å². The molecule has 0 unspecified atom stereocenters. The summed E-state index contributed by atoms with van der Waals surface area (Å²) < 4.78 is 0. The number of nitrogens with one attached hydrogen (secondary N) is 2. The number of piperidine rings is 1. The normalized spacial score (nSPS) is 29.8. The van der Waals surface area contributed by atoms with Crippen LogP contribution in [0.15, 0.2) is 0 Å². The van der Waals surface area contributed by atoms with Gasteiger partial charge in [-0.05, 0) is 25.3 Å². The monoisotopic (exact) mass is 170 g/mol. The number of carbonyl (C=O) groups is 1. The number of hydrogen-bond donors (Lipinski definition) is 2. The first kappa shape index (κ1) is 9.52. The van der Waals surface area contributed by atoms with Crippen molar-refractivity contribution in [2.24, 2.45) is 5.92 Å². The van der Waals surface area contributed by atoms with E-state index in [1.54, 1.807) is 6.92 Å². The highest BCUT2D eigenvalue weighted by Gasteiger charge is 2.17. The first-order valence-electron chi connectivity index (χ1n) is 4.66. The molecule has 0 aromatic heterocycles. The highest BCUT2D eigenvalue weighted by Crippen LogP contribution is 2.14. The van der Waals surface area contributed by atoms with Gasteiger partial charge >= 0.3 is 0 Å². The summed E-state index contributed by atoms with van der Waals surface area (Å²) in [5.41, 5.74) is 0. The molecule has 1 amide bonds. The Kier molecular flexibility index (Phi) is 3.53. The molecule has 3 nitrogen and oxygen atoms in total. The first-order valence-corrected chi connectivity index (χ1v) is 4.66. The lowest BCUT2D eigenvalue weighted by Gasteiger charge is -2.28. The van der Waals surface area contributed by atoms with Crippen LogP contribution in [0, 0.1) is 5.92 Å². The quantitative estimate of drug-likeness (QED) is 0.634. The number of hydrogen-bond acceptors (Lipinski definition) is 2. The van der Waals surface area contributed by atoms with Crippen LogP contribution in [0.1, 0.15) is 26.7 Å². The average molecular weight is 170 g/mol. The van der Waals surface area contributed by atoms with Gasteiger partial charge in [0.1, 0.15) is 0 Å². The fraction of sp³-hybridized carbons (Fsp3) is 0.889. The van der Waals surface area contributed by atoms with E-state index in [9.17, 15) is 4.79 Å². The summed E-state index contributed by atoms with van der Waals surface area (Å²) in [6, 6.07) is 0.484. The minimum atomic E-state index is 0.0648. The SMILES string of the molecule is CC(=O)NC[C@@H]1C[C@H](C)CCN1. The van der Waals surface area contributed by atoms with Gasteiger partial charge in [-0.2, -0.15) is 0 Å². The maximum atomic E-state index is 10.6. The lowest BCUT2D eigenvalue weighted by molar-refractivity contribution is -0.119. The van der Waals surface area contributed by atoms with Gasteiger partial charge in [0.15, 0.2) is 0 Å². The van der Waals surface area contributed by atoms with E-state index in [1.165, 1.54) is 12.8 Å². The van der Waals surface area contributed by atoms with Crippen molar-refractivity contribution in [3.63, 3.8) is 0 Å². The van der Waals surface area contributed by atoms with Crippen molar-refractivity contribution in [3.8, 4) is 0 Å². The van der Waals surface area contributed by atoms with E-state index in [2.05, 4.69) is 17.6 Å². The van der Waals surface area contributed by atoms with Crippen molar-refractivity contribution in [2.45, 2.75) is 32.7 Å². The summed E-state index contributed by atoms with van der Waals surface area (Å²) >= 11 is 0. The zero-order chi connectivity index (χ0) is 8.97. The Hall–Kier alpha value is -0.570. The van der Waals surface area contributed by atoms with Gasteiger partial charge in [-0.1, -0.05) is 6.92 Å². The average Bonchev–Trinajstić information content (AvgIpc) is 2.01. The topological polar surface area (TPSA) is 41.1 Å². The Labute approximate surface area is 73.9 Å². The molecule has 0 aromatic carbocycles. The van der Waals surface area contributed by atoms with Gasteiger partial charge in [0.25, 0.3) is 0 Å². The molecule has 0 spiro atoms. The Bertz CT molecular complexity index is 159. The molecular weight excluding hydrogens is 152 g/mol. The zero-order valence-electron chi connectivity index (χ0n) is 7.89. The first-order chi connectivity index (χ1) is 5.68. The van der Waals surface area contributed by atoms with Gasteiger partial charge in [-0.3, -0.25) is 4.79 Å². The van der Waals surface area contributed by atoms with Crippen LogP contribution in [-0.4, -0.2) is 25.0 Å². The Morgan fingerprint density at radius 2 is 2.42 bits per heavy atom. The molecule has 0 aromatic rings. The molecule has 0 bridgehead atoms. The van der Waals surface area contributed by atoms with Crippen molar-refractivity contribution in [3.05, 3.63) is 0 Å². The third-order valence-electron chi connectivity index (χ3n) is 2.35. The fourth-order valence-corrected chi connectivity index (χ4v) is 1.64. The second-order valence-electron chi connectivity index (χ2n) is 3.72. The minimum absolute atomic E-state index is 0.0648. The van der Waals surface area contributed by atoms with Gasteiger partial charge in [0.2, 0.25) is 5.91 Å².